The van der Waals surface area contributed by atoms with Crippen LogP contribution in [0.15, 0.2) is 48.5 Å². The van der Waals surface area contributed by atoms with E-state index in [-0.39, 0.29) is 29.9 Å². The van der Waals surface area contributed by atoms with E-state index in [1.54, 1.807) is 29.2 Å². The van der Waals surface area contributed by atoms with Gasteiger partial charge in [-0.2, -0.15) is 0 Å². The van der Waals surface area contributed by atoms with Gasteiger partial charge in [-0.3, -0.25) is 19.3 Å². The highest BCUT2D eigenvalue weighted by Crippen LogP contribution is 2.39. The van der Waals surface area contributed by atoms with Gasteiger partial charge >= 0.3 is 0 Å². The fourth-order valence-electron chi connectivity index (χ4n) is 4.61. The first-order valence-electron chi connectivity index (χ1n) is 11.8. The van der Waals surface area contributed by atoms with Gasteiger partial charge in [0.15, 0.2) is 0 Å². The quantitative estimate of drug-likeness (QED) is 0.677. The molecule has 0 radical (unpaired) electrons. The van der Waals surface area contributed by atoms with E-state index in [1.807, 2.05) is 13.8 Å². The van der Waals surface area contributed by atoms with Gasteiger partial charge in [-0.15, -0.1) is 0 Å². The standard InChI is InChI=1S/C26H29ClFN3O4/c1-17(2)15-29-23(32)22-16-35-26(31(22)25(34)19-6-4-8-21(28)14-19)9-11-30(12-10-26)24(33)18-5-3-7-20(27)13-18/h3-8,13-14,17,22H,9-12,15-16H2,1-2H3,(H,29,32). The summed E-state index contributed by atoms with van der Waals surface area (Å²) in [4.78, 5) is 42.8. The normalized spacial score (nSPS) is 19.3. The Bertz CT molecular complexity index is 1120. The summed E-state index contributed by atoms with van der Waals surface area (Å²) in [5.41, 5.74) is -0.428. The van der Waals surface area contributed by atoms with Crippen LogP contribution in [0, 0.1) is 11.7 Å². The maximum atomic E-state index is 13.9. The van der Waals surface area contributed by atoms with Crippen molar-refractivity contribution in [2.24, 2.45) is 5.92 Å². The van der Waals surface area contributed by atoms with E-state index in [0.29, 0.717) is 43.1 Å². The van der Waals surface area contributed by atoms with E-state index in [4.69, 9.17) is 16.3 Å². The van der Waals surface area contributed by atoms with Crippen LogP contribution >= 0.6 is 11.6 Å². The van der Waals surface area contributed by atoms with Gasteiger partial charge in [0.05, 0.1) is 6.61 Å². The Balaban J connectivity index is 1.57. The molecule has 2 saturated heterocycles. The lowest BCUT2D eigenvalue weighted by Crippen LogP contribution is -2.60. The summed E-state index contributed by atoms with van der Waals surface area (Å²) in [7, 11) is 0. The lowest BCUT2D eigenvalue weighted by atomic mass is 9.96. The fraction of sp³-hybridized carbons (Fsp3) is 0.423. The van der Waals surface area contributed by atoms with E-state index in [2.05, 4.69) is 5.32 Å². The molecular formula is C26H29ClFN3O4. The van der Waals surface area contributed by atoms with E-state index < -0.39 is 23.5 Å². The third kappa shape index (κ3) is 5.33. The lowest BCUT2D eigenvalue weighted by molar-refractivity contribution is -0.128. The van der Waals surface area contributed by atoms with E-state index >= 15 is 0 Å². The van der Waals surface area contributed by atoms with Gasteiger partial charge in [0.1, 0.15) is 17.6 Å². The molecule has 0 bridgehead atoms. The van der Waals surface area contributed by atoms with Crippen LogP contribution in [0.2, 0.25) is 5.02 Å². The number of carbonyl (C=O) groups is 3. The molecule has 2 aliphatic heterocycles. The molecule has 9 heteroatoms. The predicted octanol–water partition coefficient (Wildman–Crippen LogP) is 3.72. The summed E-state index contributed by atoms with van der Waals surface area (Å²) >= 11 is 6.04. The van der Waals surface area contributed by atoms with Crippen LogP contribution in [0.4, 0.5) is 4.39 Å². The summed E-state index contributed by atoms with van der Waals surface area (Å²) in [5.74, 6) is -1.23. The number of hydrogen-bond donors (Lipinski definition) is 1. The second-order valence-corrected chi connectivity index (χ2v) is 9.84. The number of piperidine rings is 1. The van der Waals surface area contributed by atoms with E-state index in [0.717, 1.165) is 6.07 Å². The van der Waals surface area contributed by atoms with Gasteiger partial charge in [-0.05, 0) is 42.3 Å². The molecule has 1 spiro atoms. The number of rotatable bonds is 5. The van der Waals surface area contributed by atoms with Crippen LogP contribution in [0.5, 0.6) is 0 Å². The molecule has 2 aromatic carbocycles. The first-order chi connectivity index (χ1) is 16.7. The topological polar surface area (TPSA) is 79.0 Å². The van der Waals surface area contributed by atoms with Crippen molar-refractivity contribution >= 4 is 29.3 Å². The van der Waals surface area contributed by atoms with Gasteiger partial charge in [-0.1, -0.05) is 37.6 Å². The monoisotopic (exact) mass is 501 g/mol. The highest BCUT2D eigenvalue weighted by molar-refractivity contribution is 6.30. The highest BCUT2D eigenvalue weighted by Gasteiger charge is 2.54. The average molecular weight is 502 g/mol. The molecule has 4 rings (SSSR count). The van der Waals surface area contributed by atoms with Crippen LogP contribution in [0.25, 0.3) is 0 Å². The number of carbonyl (C=O) groups excluding carboxylic acids is 3. The molecule has 2 aliphatic rings. The van der Waals surface area contributed by atoms with Crippen LogP contribution in [0.3, 0.4) is 0 Å². The van der Waals surface area contributed by atoms with Crippen LogP contribution in [-0.4, -0.2) is 65.5 Å². The Morgan fingerprint density at radius 3 is 2.37 bits per heavy atom. The maximum absolute atomic E-state index is 13.9. The van der Waals surface area contributed by atoms with Crippen molar-refractivity contribution in [3.63, 3.8) is 0 Å². The number of ether oxygens (including phenoxy) is 1. The number of likely N-dealkylation sites (tertiary alicyclic amines) is 1. The zero-order valence-corrected chi connectivity index (χ0v) is 20.6. The molecule has 0 aromatic heterocycles. The Hall–Kier alpha value is -2.97. The average Bonchev–Trinajstić information content (AvgIpc) is 3.20. The third-order valence-electron chi connectivity index (χ3n) is 6.44. The van der Waals surface area contributed by atoms with Crippen LogP contribution < -0.4 is 5.32 Å². The zero-order chi connectivity index (χ0) is 25.2. The maximum Gasteiger partial charge on any atom is 0.256 e. The van der Waals surface area contributed by atoms with Gasteiger partial charge in [-0.25, -0.2) is 4.39 Å². The molecule has 2 aromatic rings. The number of benzene rings is 2. The molecule has 1 N–H and O–H groups in total. The largest absolute Gasteiger partial charge is 0.354 e. The molecule has 7 nitrogen and oxygen atoms in total. The van der Waals surface area contributed by atoms with Crippen LogP contribution in [-0.2, 0) is 9.53 Å². The molecule has 2 heterocycles. The minimum atomic E-state index is -1.06. The lowest BCUT2D eigenvalue weighted by Gasteiger charge is -2.44. The zero-order valence-electron chi connectivity index (χ0n) is 19.8. The van der Waals surface area contributed by atoms with Crippen molar-refractivity contribution in [3.8, 4) is 0 Å². The number of halogens is 2. The highest BCUT2D eigenvalue weighted by atomic mass is 35.5. The first-order valence-corrected chi connectivity index (χ1v) is 12.1. The number of hydrogen-bond acceptors (Lipinski definition) is 4. The van der Waals surface area contributed by atoms with Crippen molar-refractivity contribution in [3.05, 3.63) is 70.5 Å². The van der Waals surface area contributed by atoms with E-state index in [1.165, 1.54) is 23.1 Å². The van der Waals surface area contributed by atoms with Gasteiger partial charge in [0.2, 0.25) is 5.91 Å². The van der Waals surface area contributed by atoms with Crippen LogP contribution in [0.1, 0.15) is 47.4 Å². The summed E-state index contributed by atoms with van der Waals surface area (Å²) < 4.78 is 20.1. The number of nitrogens with one attached hydrogen (secondary N) is 1. The van der Waals surface area contributed by atoms with Crippen molar-refractivity contribution in [1.29, 1.82) is 0 Å². The van der Waals surface area contributed by atoms with Gasteiger partial charge < -0.3 is 15.0 Å². The van der Waals surface area contributed by atoms with Crippen molar-refractivity contribution in [2.75, 3.05) is 26.2 Å². The third-order valence-corrected chi connectivity index (χ3v) is 6.68. The minimum Gasteiger partial charge on any atom is -0.354 e. The molecule has 1 atom stereocenters. The smallest absolute Gasteiger partial charge is 0.256 e. The molecule has 35 heavy (non-hydrogen) atoms. The fourth-order valence-corrected chi connectivity index (χ4v) is 4.80. The summed E-state index contributed by atoms with van der Waals surface area (Å²) in [6, 6.07) is 11.3. The first kappa shape index (κ1) is 25.1. The second-order valence-electron chi connectivity index (χ2n) is 9.40. The Labute approximate surface area is 209 Å². The number of amides is 3. The minimum absolute atomic E-state index is 0.0349. The Morgan fingerprint density at radius 1 is 1.09 bits per heavy atom. The molecule has 0 saturated carbocycles. The van der Waals surface area contributed by atoms with Crippen molar-refractivity contribution in [1.82, 2.24) is 15.1 Å². The van der Waals surface area contributed by atoms with Crippen molar-refractivity contribution in [2.45, 2.75) is 38.5 Å². The van der Waals surface area contributed by atoms with Gasteiger partial charge in [0, 0.05) is 48.6 Å². The Kier molecular flexibility index (Phi) is 7.42. The Morgan fingerprint density at radius 2 is 1.74 bits per heavy atom. The van der Waals surface area contributed by atoms with E-state index in [9.17, 15) is 18.8 Å². The molecule has 186 valence electrons. The molecule has 1 unspecified atom stereocenters. The number of nitrogens with zero attached hydrogens (tertiary/aromatic N) is 2. The molecule has 3 amide bonds. The SMILES string of the molecule is CC(C)CNC(=O)C1COC2(CCN(C(=O)c3cccc(Cl)c3)CC2)N1C(=O)c1cccc(F)c1. The predicted molar refractivity (Wildman–Crippen MR) is 129 cm³/mol. The second kappa shape index (κ2) is 10.3. The summed E-state index contributed by atoms with van der Waals surface area (Å²) in [6.07, 6.45) is 0.655. The molecular weight excluding hydrogens is 473 g/mol. The summed E-state index contributed by atoms with van der Waals surface area (Å²) in [5, 5.41) is 3.36. The van der Waals surface area contributed by atoms with Crippen molar-refractivity contribution < 1.29 is 23.5 Å². The molecule has 0 aliphatic carbocycles. The van der Waals surface area contributed by atoms with Gasteiger partial charge in [0.25, 0.3) is 11.8 Å². The molecule has 2 fully saturated rings. The summed E-state index contributed by atoms with van der Waals surface area (Å²) in [6.45, 7) is 5.13.